The van der Waals surface area contributed by atoms with E-state index in [2.05, 4.69) is 44.8 Å². The lowest BCUT2D eigenvalue weighted by atomic mass is 10.1. The summed E-state index contributed by atoms with van der Waals surface area (Å²) in [6.07, 6.45) is 5.15. The summed E-state index contributed by atoms with van der Waals surface area (Å²) in [7, 11) is 0. The molecule has 0 bridgehead atoms. The number of aromatic nitrogens is 4. The number of aliphatic carboxylic acids is 1. The maximum atomic E-state index is 10.8. The van der Waals surface area contributed by atoms with Crippen LogP contribution < -0.4 is 5.32 Å². The summed E-state index contributed by atoms with van der Waals surface area (Å²) in [6.45, 7) is 0. The Bertz CT molecular complexity index is 1020. The van der Waals surface area contributed by atoms with Crippen molar-refractivity contribution >= 4 is 11.9 Å². The molecule has 5 rings (SSSR count). The van der Waals surface area contributed by atoms with Gasteiger partial charge in [-0.15, -0.1) is 10.2 Å². The predicted octanol–water partition coefficient (Wildman–Crippen LogP) is 2.14. The number of hydrogen-bond acceptors (Lipinski definition) is 7. The average molecular weight is 377 g/mol. The van der Waals surface area contributed by atoms with Gasteiger partial charge in [-0.1, -0.05) is 24.3 Å². The first-order chi connectivity index (χ1) is 13.7. The molecule has 2 aromatic heterocycles. The summed E-state index contributed by atoms with van der Waals surface area (Å²) >= 11 is 0. The van der Waals surface area contributed by atoms with Crippen LogP contribution in [0.3, 0.4) is 0 Å². The Balaban J connectivity index is 1.35. The van der Waals surface area contributed by atoms with Gasteiger partial charge in [-0.3, -0.25) is 4.79 Å². The number of nitrogens with zero attached hydrogens (tertiary/aromatic N) is 4. The number of hydrogen-bond donors (Lipinski definition) is 2. The zero-order chi connectivity index (χ0) is 19.1. The lowest BCUT2D eigenvalue weighted by molar-refractivity contribution is -0.136. The van der Waals surface area contributed by atoms with Crippen LogP contribution in [-0.2, 0) is 30.5 Å². The molecule has 0 saturated heterocycles. The highest BCUT2D eigenvalue weighted by molar-refractivity contribution is 5.68. The maximum Gasteiger partial charge on any atom is 0.312 e. The number of rotatable bonds is 5. The molecule has 0 radical (unpaired) electrons. The zero-order valence-corrected chi connectivity index (χ0v) is 15.1. The van der Waals surface area contributed by atoms with Crippen molar-refractivity contribution in [2.45, 2.75) is 44.1 Å². The van der Waals surface area contributed by atoms with E-state index in [1.54, 1.807) is 0 Å². The third-order valence-electron chi connectivity index (χ3n) is 5.40. The number of fused-ring (bicyclic) bond motifs is 2. The molecule has 2 aliphatic rings. The van der Waals surface area contributed by atoms with E-state index in [0.717, 1.165) is 36.9 Å². The molecule has 3 aromatic rings. The Kier molecular flexibility index (Phi) is 4.03. The fraction of sp³-hybridized carbons (Fsp3) is 0.350. The highest BCUT2D eigenvalue weighted by Gasteiger charge is 2.31. The molecule has 1 unspecified atom stereocenters. The lowest BCUT2D eigenvalue weighted by Crippen LogP contribution is -2.21. The van der Waals surface area contributed by atoms with Gasteiger partial charge in [0.25, 0.3) is 0 Å². The number of anilines is 1. The molecule has 2 aliphatic carbocycles. The standard InChI is InChI=1S/C20H19N5O3/c26-17(27)9-16-24-25-19(28-16)15-6-5-13-10-21-20(23-18(13)15)22-14-7-11-3-1-2-4-12(11)8-14/h1-4,10,14-15H,5-9H2,(H,26,27)(H,21,22,23). The Morgan fingerprint density at radius 2 is 1.96 bits per heavy atom. The van der Waals surface area contributed by atoms with E-state index in [1.165, 1.54) is 11.1 Å². The molecule has 2 heterocycles. The summed E-state index contributed by atoms with van der Waals surface area (Å²) in [6, 6.07) is 8.75. The van der Waals surface area contributed by atoms with Gasteiger partial charge in [0.1, 0.15) is 6.42 Å². The van der Waals surface area contributed by atoms with Gasteiger partial charge in [0.2, 0.25) is 17.7 Å². The van der Waals surface area contributed by atoms with Crippen molar-refractivity contribution in [3.63, 3.8) is 0 Å². The van der Waals surface area contributed by atoms with Crippen LogP contribution in [0.15, 0.2) is 34.9 Å². The molecule has 0 fully saturated rings. The molecule has 0 amide bonds. The average Bonchev–Trinajstić information content (AvgIpc) is 3.38. The number of benzene rings is 1. The highest BCUT2D eigenvalue weighted by Crippen LogP contribution is 2.36. The van der Waals surface area contributed by atoms with Gasteiger partial charge in [-0.05, 0) is 42.4 Å². The van der Waals surface area contributed by atoms with Crippen LogP contribution in [0.2, 0.25) is 0 Å². The van der Waals surface area contributed by atoms with Crippen LogP contribution in [0.5, 0.6) is 0 Å². The number of carboxylic acids is 1. The van der Waals surface area contributed by atoms with Gasteiger partial charge < -0.3 is 14.8 Å². The van der Waals surface area contributed by atoms with Crippen molar-refractivity contribution in [3.05, 3.63) is 64.6 Å². The number of aryl methyl sites for hydroxylation is 1. The second kappa shape index (κ2) is 6.70. The second-order valence-electron chi connectivity index (χ2n) is 7.32. The molecule has 0 aliphatic heterocycles. The van der Waals surface area contributed by atoms with E-state index in [0.29, 0.717) is 11.8 Å². The zero-order valence-electron chi connectivity index (χ0n) is 15.1. The Hall–Kier alpha value is -3.29. The number of carboxylic acid groups (broad SMARTS) is 1. The fourth-order valence-electron chi connectivity index (χ4n) is 4.11. The van der Waals surface area contributed by atoms with E-state index in [9.17, 15) is 4.79 Å². The third kappa shape index (κ3) is 3.11. The minimum Gasteiger partial charge on any atom is -0.481 e. The Labute approximate surface area is 161 Å². The van der Waals surface area contributed by atoms with E-state index in [-0.39, 0.29) is 24.3 Å². The largest absolute Gasteiger partial charge is 0.481 e. The topological polar surface area (TPSA) is 114 Å². The molecule has 142 valence electrons. The predicted molar refractivity (Wildman–Crippen MR) is 99.1 cm³/mol. The minimum absolute atomic E-state index is 0.116. The van der Waals surface area contributed by atoms with Crippen molar-refractivity contribution < 1.29 is 14.3 Å². The van der Waals surface area contributed by atoms with E-state index in [4.69, 9.17) is 14.5 Å². The van der Waals surface area contributed by atoms with Crippen LogP contribution in [-0.4, -0.2) is 37.3 Å². The van der Waals surface area contributed by atoms with Crippen LogP contribution in [0.25, 0.3) is 0 Å². The Morgan fingerprint density at radius 3 is 2.71 bits per heavy atom. The lowest BCUT2D eigenvalue weighted by Gasteiger charge is -2.13. The third-order valence-corrected chi connectivity index (χ3v) is 5.40. The molecule has 0 spiro atoms. The first-order valence-corrected chi connectivity index (χ1v) is 9.39. The molecule has 8 heteroatoms. The summed E-state index contributed by atoms with van der Waals surface area (Å²) in [5, 5.41) is 20.2. The highest BCUT2D eigenvalue weighted by atomic mass is 16.4. The summed E-state index contributed by atoms with van der Waals surface area (Å²) in [5.41, 5.74) is 4.70. The van der Waals surface area contributed by atoms with Crippen LogP contribution in [0.4, 0.5) is 5.95 Å². The van der Waals surface area contributed by atoms with Gasteiger partial charge in [-0.2, -0.15) is 0 Å². The molecule has 1 aromatic carbocycles. The monoisotopic (exact) mass is 377 g/mol. The molecular formula is C20H19N5O3. The van der Waals surface area contributed by atoms with E-state index < -0.39 is 5.97 Å². The van der Waals surface area contributed by atoms with E-state index in [1.807, 2.05) is 6.20 Å². The smallest absolute Gasteiger partial charge is 0.312 e. The van der Waals surface area contributed by atoms with Gasteiger partial charge >= 0.3 is 5.97 Å². The van der Waals surface area contributed by atoms with Crippen molar-refractivity contribution in [1.82, 2.24) is 20.2 Å². The van der Waals surface area contributed by atoms with Gasteiger partial charge in [-0.25, -0.2) is 9.97 Å². The second-order valence-corrected chi connectivity index (χ2v) is 7.32. The number of carbonyl (C=O) groups is 1. The summed E-state index contributed by atoms with van der Waals surface area (Å²) in [4.78, 5) is 20.1. The van der Waals surface area contributed by atoms with Gasteiger partial charge in [0, 0.05) is 12.2 Å². The first kappa shape index (κ1) is 16.9. The van der Waals surface area contributed by atoms with Crippen molar-refractivity contribution in [1.29, 1.82) is 0 Å². The molecular weight excluding hydrogens is 358 g/mol. The molecule has 28 heavy (non-hydrogen) atoms. The maximum absolute atomic E-state index is 10.8. The van der Waals surface area contributed by atoms with Crippen molar-refractivity contribution in [3.8, 4) is 0 Å². The van der Waals surface area contributed by atoms with Gasteiger partial charge in [0.05, 0.1) is 11.6 Å². The minimum atomic E-state index is -0.992. The van der Waals surface area contributed by atoms with Gasteiger partial charge in [0.15, 0.2) is 0 Å². The number of nitrogens with one attached hydrogen (secondary N) is 1. The Morgan fingerprint density at radius 1 is 1.18 bits per heavy atom. The van der Waals surface area contributed by atoms with E-state index >= 15 is 0 Å². The first-order valence-electron chi connectivity index (χ1n) is 9.39. The molecule has 8 nitrogen and oxygen atoms in total. The van der Waals surface area contributed by atoms with Crippen LogP contribution in [0.1, 0.15) is 46.5 Å². The summed E-state index contributed by atoms with van der Waals surface area (Å²) < 4.78 is 5.57. The molecule has 0 saturated carbocycles. The summed E-state index contributed by atoms with van der Waals surface area (Å²) in [5.74, 6) is 0.0384. The fourth-order valence-corrected chi connectivity index (χ4v) is 4.11. The van der Waals surface area contributed by atoms with Crippen molar-refractivity contribution in [2.75, 3.05) is 5.32 Å². The van der Waals surface area contributed by atoms with Crippen molar-refractivity contribution in [2.24, 2.45) is 0 Å². The van der Waals surface area contributed by atoms with Crippen LogP contribution in [0, 0.1) is 0 Å². The quantitative estimate of drug-likeness (QED) is 0.695. The SMILES string of the molecule is O=C(O)Cc1nnc(C2CCc3cnc(NC4Cc5ccccc5C4)nc32)o1. The molecule has 1 atom stereocenters. The normalized spacial score (nSPS) is 18.1. The molecule has 2 N–H and O–H groups in total. The van der Waals surface area contributed by atoms with Crippen LogP contribution >= 0.6 is 0 Å².